The first-order valence-electron chi connectivity index (χ1n) is 27.4. The Hall–Kier alpha value is -0.240. The largest absolute Gasteiger partial charge is 0.394 e. The molecule has 0 saturated heterocycles. The minimum atomic E-state index is -1.64. The lowest BCUT2D eigenvalue weighted by Crippen LogP contribution is -2.57. The predicted octanol–water partition coefficient (Wildman–Crippen LogP) is 15.4. The fourth-order valence-corrected chi connectivity index (χ4v) is 9.29. The van der Waals surface area contributed by atoms with Crippen LogP contribution in [0.5, 0.6) is 0 Å². The van der Waals surface area contributed by atoms with Gasteiger partial charge in [0.15, 0.2) is 0 Å². The summed E-state index contributed by atoms with van der Waals surface area (Å²) >= 11 is 0. The van der Waals surface area contributed by atoms with Gasteiger partial charge in [0.1, 0.15) is 24.4 Å². The molecule has 0 aliphatic rings. The average molecular weight is 855 g/mol. The summed E-state index contributed by atoms with van der Waals surface area (Å²) in [4.78, 5) is 0. The highest BCUT2D eigenvalue weighted by atomic mass is 16.5. The maximum absolute atomic E-state index is 11.8. The van der Waals surface area contributed by atoms with E-state index in [1.54, 1.807) is 0 Å². The van der Waals surface area contributed by atoms with Gasteiger partial charge in [-0.15, -0.1) is 0 Å². The first-order valence-corrected chi connectivity index (χ1v) is 27.4. The number of ether oxygens (including phenoxy) is 1. The van der Waals surface area contributed by atoms with Crippen LogP contribution in [0.15, 0.2) is 0 Å². The summed E-state index contributed by atoms with van der Waals surface area (Å²) in [5.74, 6) is 0. The second-order valence-corrected chi connectivity index (χ2v) is 19.4. The van der Waals surface area contributed by atoms with Crippen molar-refractivity contribution in [3.05, 3.63) is 0 Å². The molecule has 6 nitrogen and oxygen atoms in total. The summed E-state index contributed by atoms with van der Waals surface area (Å²) in [6.07, 6.45) is 49.1. The van der Waals surface area contributed by atoms with E-state index in [0.29, 0.717) is 19.4 Å². The Balaban J connectivity index is 5.07. The van der Waals surface area contributed by atoms with E-state index in [1.165, 1.54) is 218 Å². The summed E-state index contributed by atoms with van der Waals surface area (Å²) in [7, 11) is 0. The van der Waals surface area contributed by atoms with Crippen LogP contribution in [0.3, 0.4) is 0 Å². The van der Waals surface area contributed by atoms with Crippen molar-refractivity contribution < 1.29 is 30.3 Å². The monoisotopic (exact) mass is 855 g/mol. The summed E-state index contributed by atoms with van der Waals surface area (Å²) in [6.45, 7) is 6.69. The molecule has 0 saturated carbocycles. The molecule has 362 valence electrons. The Morgan fingerprint density at radius 1 is 0.317 bits per heavy atom. The normalized spacial score (nSPS) is 14.2. The molecule has 0 aromatic rings. The minimum Gasteiger partial charge on any atom is -0.394 e. The van der Waals surface area contributed by atoms with Crippen LogP contribution in [-0.2, 0) is 4.74 Å². The molecule has 0 spiro atoms. The number of rotatable bonds is 51. The third-order valence-corrected chi connectivity index (χ3v) is 13.6. The molecule has 4 unspecified atom stereocenters. The van der Waals surface area contributed by atoms with E-state index in [-0.39, 0.29) is 0 Å². The molecule has 0 aliphatic carbocycles. The van der Waals surface area contributed by atoms with Crippen LogP contribution in [0.2, 0.25) is 0 Å². The maximum atomic E-state index is 11.8. The lowest BCUT2D eigenvalue weighted by molar-refractivity contribution is -0.198. The van der Waals surface area contributed by atoms with E-state index in [4.69, 9.17) is 4.74 Å². The van der Waals surface area contributed by atoms with Crippen molar-refractivity contribution in [3.63, 3.8) is 0 Å². The number of hydrogen-bond acceptors (Lipinski definition) is 6. The van der Waals surface area contributed by atoms with Gasteiger partial charge in [0.2, 0.25) is 0 Å². The number of unbranched alkanes of at least 4 members (excludes halogenated alkanes) is 39. The van der Waals surface area contributed by atoms with E-state index in [9.17, 15) is 25.5 Å². The summed E-state index contributed by atoms with van der Waals surface area (Å²) in [6, 6.07) is 0. The molecule has 0 fully saturated rings. The Bertz CT molecular complexity index is 777. The predicted molar refractivity (Wildman–Crippen MR) is 260 cm³/mol. The van der Waals surface area contributed by atoms with Gasteiger partial charge in [-0.25, -0.2) is 0 Å². The third-order valence-electron chi connectivity index (χ3n) is 13.6. The van der Waals surface area contributed by atoms with Gasteiger partial charge in [-0.3, -0.25) is 0 Å². The second kappa shape index (κ2) is 46.7. The second-order valence-electron chi connectivity index (χ2n) is 19.4. The van der Waals surface area contributed by atoms with Gasteiger partial charge in [0.05, 0.1) is 12.2 Å². The van der Waals surface area contributed by atoms with Crippen LogP contribution in [0.1, 0.15) is 303 Å². The molecule has 0 aromatic heterocycles. The molecule has 0 heterocycles. The molecule has 0 aromatic carbocycles. The van der Waals surface area contributed by atoms with E-state index < -0.39 is 36.6 Å². The molecule has 0 amide bonds. The smallest absolute Gasteiger partial charge is 0.111 e. The number of aliphatic hydroxyl groups is 5. The van der Waals surface area contributed by atoms with E-state index >= 15 is 0 Å². The molecule has 0 radical (unpaired) electrons. The zero-order valence-electron chi connectivity index (χ0n) is 41.0. The van der Waals surface area contributed by atoms with E-state index in [2.05, 4.69) is 20.8 Å². The zero-order chi connectivity index (χ0) is 44.0. The van der Waals surface area contributed by atoms with Crippen LogP contribution in [-0.4, -0.2) is 68.8 Å². The Kier molecular flexibility index (Phi) is 46.6. The van der Waals surface area contributed by atoms with Crippen molar-refractivity contribution in [2.45, 2.75) is 333 Å². The van der Waals surface area contributed by atoms with Crippen LogP contribution in [0, 0.1) is 0 Å². The lowest BCUT2D eigenvalue weighted by Gasteiger charge is -2.42. The van der Waals surface area contributed by atoms with E-state index in [1.807, 2.05) is 0 Å². The summed E-state index contributed by atoms with van der Waals surface area (Å²) in [5.41, 5.74) is -0.986. The molecule has 0 aliphatic heterocycles. The number of aliphatic hydroxyl groups excluding tert-OH is 5. The first-order chi connectivity index (χ1) is 29.4. The minimum absolute atomic E-state index is 0.525. The Labute approximate surface area is 375 Å². The highest BCUT2D eigenvalue weighted by molar-refractivity contribution is 4.96. The lowest BCUT2D eigenvalue weighted by atomic mass is 9.80. The van der Waals surface area contributed by atoms with Crippen LogP contribution in [0.4, 0.5) is 0 Å². The average Bonchev–Trinajstić information content (AvgIpc) is 3.26. The molecule has 4 atom stereocenters. The van der Waals surface area contributed by atoms with Crippen molar-refractivity contribution in [3.8, 4) is 0 Å². The molecule has 5 N–H and O–H groups in total. The van der Waals surface area contributed by atoms with Gasteiger partial charge in [0.25, 0.3) is 0 Å². The number of hydrogen-bond donors (Lipinski definition) is 5. The highest BCUT2D eigenvalue weighted by Crippen LogP contribution is 2.34. The van der Waals surface area contributed by atoms with Crippen LogP contribution in [0.25, 0.3) is 0 Å². The van der Waals surface area contributed by atoms with Crippen molar-refractivity contribution in [1.29, 1.82) is 0 Å². The quantitative estimate of drug-likeness (QED) is 0.0390. The van der Waals surface area contributed by atoms with Gasteiger partial charge < -0.3 is 30.3 Å². The topological polar surface area (TPSA) is 110 Å². The third kappa shape index (κ3) is 36.1. The maximum Gasteiger partial charge on any atom is 0.111 e. The summed E-state index contributed by atoms with van der Waals surface area (Å²) < 4.78 is 6.74. The van der Waals surface area contributed by atoms with Gasteiger partial charge >= 0.3 is 0 Å². The first kappa shape index (κ1) is 59.8. The van der Waals surface area contributed by atoms with Crippen molar-refractivity contribution in [2.24, 2.45) is 0 Å². The summed E-state index contributed by atoms with van der Waals surface area (Å²) in [5, 5.41) is 53.6. The standard InChI is InChI=1S/C54H110O6/c1-4-7-10-13-16-19-22-25-28-31-34-37-40-43-46-54(53(59)52(58)51(57)50(56)49-55,47-44-41-38-35-32-29-26-23-20-17-14-11-8-5-2)60-48-45-42-39-36-33-30-27-24-21-18-15-12-9-6-3/h50-53,55-59H,4-49H2,1-3H3. The molecular weight excluding hydrogens is 745 g/mol. The zero-order valence-corrected chi connectivity index (χ0v) is 41.0. The van der Waals surface area contributed by atoms with Gasteiger partial charge in [-0.05, 0) is 19.3 Å². The van der Waals surface area contributed by atoms with Gasteiger partial charge in [0, 0.05) is 6.61 Å². The molecule has 60 heavy (non-hydrogen) atoms. The van der Waals surface area contributed by atoms with Crippen LogP contribution < -0.4 is 0 Å². The molecule has 0 rings (SSSR count). The Morgan fingerprint density at radius 3 is 0.800 bits per heavy atom. The molecule has 6 heteroatoms. The SMILES string of the molecule is CCCCCCCCCCCCCCCCOC(CCCCCCCCCCCCCCCC)(CCCCCCCCCCCCCCCC)C(O)C(O)C(O)C(O)CO. The van der Waals surface area contributed by atoms with Crippen molar-refractivity contribution in [2.75, 3.05) is 13.2 Å². The Morgan fingerprint density at radius 2 is 0.550 bits per heavy atom. The van der Waals surface area contributed by atoms with E-state index in [0.717, 1.165) is 51.4 Å². The van der Waals surface area contributed by atoms with Crippen molar-refractivity contribution in [1.82, 2.24) is 0 Å². The highest BCUT2D eigenvalue weighted by Gasteiger charge is 2.45. The van der Waals surface area contributed by atoms with Crippen LogP contribution >= 0.6 is 0 Å². The van der Waals surface area contributed by atoms with Gasteiger partial charge in [-0.2, -0.15) is 0 Å². The van der Waals surface area contributed by atoms with Gasteiger partial charge in [-0.1, -0.05) is 284 Å². The van der Waals surface area contributed by atoms with Crippen molar-refractivity contribution >= 4 is 0 Å². The molecular formula is C54H110O6. The molecule has 0 bridgehead atoms. The fourth-order valence-electron chi connectivity index (χ4n) is 9.29. The fraction of sp³-hybridized carbons (Fsp3) is 1.00.